The molecular formula is C27H30N2O13. The summed E-state index contributed by atoms with van der Waals surface area (Å²) in [7, 11) is 2.18. The average molecular weight is 591 g/mol. The van der Waals surface area contributed by atoms with Gasteiger partial charge in [-0.3, -0.25) is 14.4 Å². The van der Waals surface area contributed by atoms with Crippen molar-refractivity contribution in [2.24, 2.45) is 0 Å². The van der Waals surface area contributed by atoms with E-state index in [4.69, 9.17) is 24.1 Å². The van der Waals surface area contributed by atoms with Crippen LogP contribution in [0.2, 0.25) is 0 Å². The number of carbonyl (C=O) groups excluding carboxylic acids is 4. The van der Waals surface area contributed by atoms with E-state index in [2.05, 4.69) is 14.8 Å². The van der Waals surface area contributed by atoms with Crippen molar-refractivity contribution in [3.05, 3.63) is 59.7 Å². The van der Waals surface area contributed by atoms with E-state index in [1.165, 1.54) is 18.2 Å². The molecule has 0 aliphatic carbocycles. The first-order valence-electron chi connectivity index (χ1n) is 12.5. The minimum absolute atomic E-state index is 0.102. The molecule has 42 heavy (non-hydrogen) atoms. The second-order valence-electron chi connectivity index (χ2n) is 8.73. The minimum Gasteiger partial charge on any atom is -0.481 e. The van der Waals surface area contributed by atoms with Crippen molar-refractivity contribution in [1.29, 1.82) is 0 Å². The highest BCUT2D eigenvalue weighted by Gasteiger charge is 2.39. The topological polar surface area (TPSA) is 196 Å². The standard InChI is InChI=1S/C27H30N2O13/c1-37-26(35)41-20-10-6-9-17(22(20)42-27(36)38-2)24(33)29-15-39-14-19(29)23(32)28-18(11-12-21(30)31)25(34)40-13-16-7-4-3-5-8-16/h3-10,18-19,26,35H,11-15H2,1-2H3,(H,28,32)(H,30,31)/t18-,19?,26?/m0/s1. The smallest absolute Gasteiger partial charge is 0.481 e. The van der Waals surface area contributed by atoms with E-state index in [1.54, 1.807) is 30.3 Å². The second kappa shape index (κ2) is 15.3. The normalized spacial score (nSPS) is 15.7. The fourth-order valence-electron chi connectivity index (χ4n) is 3.79. The maximum atomic E-state index is 13.6. The first-order chi connectivity index (χ1) is 20.1. The van der Waals surface area contributed by atoms with Gasteiger partial charge in [-0.05, 0) is 24.1 Å². The first kappa shape index (κ1) is 31.8. The third-order valence-electron chi connectivity index (χ3n) is 5.91. The van der Waals surface area contributed by atoms with Crippen molar-refractivity contribution in [3.63, 3.8) is 0 Å². The molecule has 3 atom stereocenters. The number of carbonyl (C=O) groups is 5. The van der Waals surface area contributed by atoms with Crippen LogP contribution < -0.4 is 14.8 Å². The molecule has 3 rings (SSSR count). The Bertz CT molecular complexity index is 1270. The molecule has 15 heteroatoms. The molecule has 0 saturated carbocycles. The highest BCUT2D eigenvalue weighted by atomic mass is 16.8. The van der Waals surface area contributed by atoms with Crippen LogP contribution in [0.4, 0.5) is 4.79 Å². The Balaban J connectivity index is 1.80. The fourth-order valence-corrected chi connectivity index (χ4v) is 3.79. The molecule has 0 spiro atoms. The molecule has 2 amide bonds. The lowest BCUT2D eigenvalue weighted by molar-refractivity contribution is -0.200. The van der Waals surface area contributed by atoms with Crippen molar-refractivity contribution in [2.75, 3.05) is 27.6 Å². The Morgan fingerprint density at radius 2 is 1.81 bits per heavy atom. The number of nitrogens with zero attached hydrogens (tertiary/aromatic N) is 1. The summed E-state index contributed by atoms with van der Waals surface area (Å²) in [6, 6.07) is 10.1. The number of amides is 2. The number of hydrogen-bond acceptors (Lipinski definition) is 12. The predicted molar refractivity (Wildman–Crippen MR) is 139 cm³/mol. The molecule has 3 N–H and O–H groups in total. The van der Waals surface area contributed by atoms with Crippen LogP contribution in [0, 0.1) is 0 Å². The molecular weight excluding hydrogens is 560 g/mol. The molecule has 1 aliphatic heterocycles. The van der Waals surface area contributed by atoms with Crippen molar-refractivity contribution in [3.8, 4) is 11.5 Å². The number of aliphatic hydroxyl groups is 1. The monoisotopic (exact) mass is 590 g/mol. The summed E-state index contributed by atoms with van der Waals surface area (Å²) in [5, 5.41) is 21.3. The van der Waals surface area contributed by atoms with Crippen molar-refractivity contribution in [2.45, 2.75) is 38.0 Å². The minimum atomic E-state index is -1.77. The highest BCUT2D eigenvalue weighted by Crippen LogP contribution is 2.34. The fraction of sp³-hybridized carbons (Fsp3) is 0.370. The molecule has 0 bridgehead atoms. The summed E-state index contributed by atoms with van der Waals surface area (Å²) in [5.41, 5.74) is 0.429. The van der Waals surface area contributed by atoms with Gasteiger partial charge in [0.05, 0.1) is 19.3 Å². The van der Waals surface area contributed by atoms with Gasteiger partial charge < -0.3 is 48.9 Å². The number of para-hydroxylation sites is 1. The summed E-state index contributed by atoms with van der Waals surface area (Å²) in [4.78, 5) is 63.7. The summed E-state index contributed by atoms with van der Waals surface area (Å²) >= 11 is 0. The van der Waals surface area contributed by atoms with Crippen molar-refractivity contribution in [1.82, 2.24) is 10.2 Å². The number of benzene rings is 2. The molecule has 226 valence electrons. The number of rotatable bonds is 13. The van der Waals surface area contributed by atoms with E-state index in [1.807, 2.05) is 0 Å². The number of aliphatic carboxylic acids is 1. The summed E-state index contributed by atoms with van der Waals surface area (Å²) in [6.45, 7) is -2.48. The van der Waals surface area contributed by atoms with Gasteiger partial charge in [0, 0.05) is 13.5 Å². The number of nitrogens with one attached hydrogen (secondary N) is 1. The number of hydrogen-bond donors (Lipinski definition) is 3. The van der Waals surface area contributed by atoms with Crippen molar-refractivity contribution < 1.29 is 62.6 Å². The Labute approximate surface area is 239 Å². The van der Waals surface area contributed by atoms with Crippen LogP contribution >= 0.6 is 0 Å². The molecule has 2 unspecified atom stereocenters. The van der Waals surface area contributed by atoms with Crippen LogP contribution in [0.3, 0.4) is 0 Å². The number of carboxylic acid groups (broad SMARTS) is 1. The SMILES string of the molecule is COC(=O)Oc1c(OC(O)OC)cccc1C(=O)N1COCC1C(=O)N[C@@H](CCC(=O)O)C(=O)OCc1ccccc1. The first-order valence-corrected chi connectivity index (χ1v) is 12.5. The van der Waals surface area contributed by atoms with Crippen LogP contribution in [0.5, 0.6) is 11.5 Å². The zero-order chi connectivity index (χ0) is 30.6. The molecule has 2 aromatic rings. The van der Waals surface area contributed by atoms with Gasteiger partial charge in [0.25, 0.3) is 5.91 Å². The Morgan fingerprint density at radius 1 is 1.07 bits per heavy atom. The Kier molecular flexibility index (Phi) is 11.6. The maximum absolute atomic E-state index is 13.6. The molecule has 1 heterocycles. The molecule has 15 nitrogen and oxygen atoms in total. The third-order valence-corrected chi connectivity index (χ3v) is 5.91. The predicted octanol–water partition coefficient (Wildman–Crippen LogP) is 1.02. The van der Waals surface area contributed by atoms with E-state index < -0.39 is 60.6 Å². The number of methoxy groups -OCH3 is 2. The van der Waals surface area contributed by atoms with E-state index in [0.717, 1.165) is 19.1 Å². The van der Waals surface area contributed by atoms with Crippen molar-refractivity contribution >= 4 is 29.9 Å². The van der Waals surface area contributed by atoms with Gasteiger partial charge in [-0.2, -0.15) is 0 Å². The Hall–Kier alpha value is -4.73. The summed E-state index contributed by atoms with van der Waals surface area (Å²) < 4.78 is 30.0. The van der Waals surface area contributed by atoms with E-state index in [0.29, 0.717) is 5.56 Å². The number of esters is 1. The number of carboxylic acids is 1. The van der Waals surface area contributed by atoms with Gasteiger partial charge in [-0.15, -0.1) is 0 Å². The van der Waals surface area contributed by atoms with E-state index in [9.17, 15) is 29.1 Å². The maximum Gasteiger partial charge on any atom is 0.513 e. The average Bonchev–Trinajstić information content (AvgIpc) is 3.49. The molecule has 1 fully saturated rings. The van der Waals surface area contributed by atoms with E-state index >= 15 is 0 Å². The Morgan fingerprint density at radius 3 is 2.48 bits per heavy atom. The van der Waals surface area contributed by atoms with Crippen LogP contribution in [0.1, 0.15) is 28.8 Å². The van der Waals surface area contributed by atoms with Crippen LogP contribution in [0.15, 0.2) is 48.5 Å². The van der Waals surface area contributed by atoms with Gasteiger partial charge in [-0.25, -0.2) is 9.59 Å². The second-order valence-corrected chi connectivity index (χ2v) is 8.73. The number of aliphatic hydroxyl groups excluding tert-OH is 1. The van der Waals surface area contributed by atoms with Crippen LogP contribution in [0.25, 0.3) is 0 Å². The van der Waals surface area contributed by atoms with Crippen LogP contribution in [-0.2, 0) is 39.9 Å². The molecule has 1 aliphatic rings. The summed E-state index contributed by atoms with van der Waals surface area (Å²) in [5.74, 6) is -4.38. The largest absolute Gasteiger partial charge is 0.513 e. The summed E-state index contributed by atoms with van der Waals surface area (Å²) in [6.07, 6.45) is -1.91. The van der Waals surface area contributed by atoms with Gasteiger partial charge >= 0.3 is 24.6 Å². The number of ether oxygens (including phenoxy) is 6. The highest BCUT2D eigenvalue weighted by molar-refractivity contribution is 6.01. The molecule has 2 aromatic carbocycles. The third kappa shape index (κ3) is 8.63. The lowest BCUT2D eigenvalue weighted by Gasteiger charge is -2.25. The lowest BCUT2D eigenvalue weighted by Crippen LogP contribution is -2.52. The molecule has 0 aromatic heterocycles. The van der Waals surface area contributed by atoms with Gasteiger partial charge in [0.1, 0.15) is 25.4 Å². The van der Waals surface area contributed by atoms with Gasteiger partial charge in [-0.1, -0.05) is 36.4 Å². The van der Waals surface area contributed by atoms with Gasteiger partial charge in [0.2, 0.25) is 5.91 Å². The zero-order valence-electron chi connectivity index (χ0n) is 22.7. The lowest BCUT2D eigenvalue weighted by atomic mass is 10.1. The van der Waals surface area contributed by atoms with E-state index in [-0.39, 0.29) is 37.7 Å². The van der Waals surface area contributed by atoms with Gasteiger partial charge in [0.15, 0.2) is 11.5 Å². The quantitative estimate of drug-likeness (QED) is 0.170. The molecule has 0 radical (unpaired) electrons. The zero-order valence-corrected chi connectivity index (χ0v) is 22.7. The van der Waals surface area contributed by atoms with Crippen LogP contribution in [-0.4, -0.2) is 91.1 Å². The molecule has 1 saturated heterocycles.